The number of hydrogen-bond acceptors (Lipinski definition) is 4. The topological polar surface area (TPSA) is 50.9 Å². The predicted molar refractivity (Wildman–Crippen MR) is 70.6 cm³/mol. The predicted octanol–water partition coefficient (Wildman–Crippen LogP) is 4.03. The average molecular weight is 295 g/mol. The van der Waals surface area contributed by atoms with Gasteiger partial charge in [0.2, 0.25) is 0 Å². The molecule has 0 aliphatic rings. The molecule has 0 saturated heterocycles. The Morgan fingerprint density at radius 3 is 2.53 bits per heavy atom. The van der Waals surface area contributed by atoms with Crippen molar-refractivity contribution >= 4 is 11.3 Å². The van der Waals surface area contributed by atoms with Gasteiger partial charge in [0, 0.05) is 11.1 Å². The van der Waals surface area contributed by atoms with Crippen molar-refractivity contribution in [1.29, 1.82) is 0 Å². The molecule has 0 aliphatic carbocycles. The van der Waals surface area contributed by atoms with Gasteiger partial charge < -0.3 is 0 Å². The van der Waals surface area contributed by atoms with Crippen LogP contribution in [0.15, 0.2) is 6.20 Å². The fourth-order valence-corrected chi connectivity index (χ4v) is 2.72. The summed E-state index contributed by atoms with van der Waals surface area (Å²) >= 11 is 0.662. The highest BCUT2D eigenvalue weighted by molar-refractivity contribution is 7.11. The van der Waals surface area contributed by atoms with Gasteiger partial charge in [-0.1, -0.05) is 39.0 Å². The average Bonchev–Trinajstić information content (AvgIpc) is 2.83. The van der Waals surface area contributed by atoms with Crippen LogP contribution >= 0.6 is 11.3 Å². The molecular weight excluding hydrogens is 275 g/mol. The summed E-state index contributed by atoms with van der Waals surface area (Å²) in [4.78, 5) is 3.96. The Bertz CT molecular complexity index is 365. The molecule has 0 aliphatic heterocycles. The van der Waals surface area contributed by atoms with Crippen LogP contribution in [0, 0.1) is 0 Å². The molecule has 0 spiro atoms. The van der Waals surface area contributed by atoms with Gasteiger partial charge in [-0.05, 0) is 6.42 Å². The zero-order valence-corrected chi connectivity index (χ0v) is 11.8. The largest absolute Gasteiger partial charge is 0.443 e. The molecule has 3 nitrogen and oxygen atoms in total. The van der Waals surface area contributed by atoms with Gasteiger partial charge in [-0.15, -0.1) is 11.3 Å². The lowest BCUT2D eigenvalue weighted by atomic mass is 10.1. The molecule has 19 heavy (non-hydrogen) atoms. The van der Waals surface area contributed by atoms with Crippen LogP contribution in [0.1, 0.15) is 61.4 Å². The number of hydrogen-bond donors (Lipinski definition) is 2. The lowest BCUT2D eigenvalue weighted by Crippen LogP contribution is -2.27. The summed E-state index contributed by atoms with van der Waals surface area (Å²) in [5.41, 5.74) is 2.58. The molecule has 1 rings (SSSR count). The molecule has 1 aromatic rings. The summed E-state index contributed by atoms with van der Waals surface area (Å²) in [5, 5.41) is -0.811. The second-order valence-corrected chi connectivity index (χ2v) is 5.55. The number of thiazole rings is 1. The molecule has 0 bridgehead atoms. The van der Waals surface area contributed by atoms with E-state index < -0.39 is 11.2 Å². The van der Waals surface area contributed by atoms with Gasteiger partial charge in [-0.3, -0.25) is 11.3 Å². The van der Waals surface area contributed by atoms with E-state index in [2.05, 4.69) is 17.3 Å². The Balaban J connectivity index is 2.48. The van der Waals surface area contributed by atoms with Crippen LogP contribution in [-0.2, 0) is 6.18 Å². The number of nitrogens with one attached hydrogen (secondary N) is 1. The maximum Gasteiger partial charge on any atom is 0.443 e. The monoisotopic (exact) mass is 295 g/mol. The van der Waals surface area contributed by atoms with Gasteiger partial charge in [-0.2, -0.15) is 13.2 Å². The van der Waals surface area contributed by atoms with Crippen molar-refractivity contribution in [2.45, 2.75) is 57.7 Å². The first-order valence-corrected chi connectivity index (χ1v) is 7.29. The molecule has 0 radical (unpaired) electrons. The maximum absolute atomic E-state index is 12.5. The fraction of sp³-hybridized carbons (Fsp3) is 0.750. The number of alkyl halides is 3. The number of unbranched alkanes of at least 4 members (excludes halogenated alkanes) is 4. The van der Waals surface area contributed by atoms with E-state index in [-0.39, 0.29) is 6.04 Å². The van der Waals surface area contributed by atoms with Gasteiger partial charge in [-0.25, -0.2) is 4.98 Å². The van der Waals surface area contributed by atoms with E-state index in [1.165, 1.54) is 19.0 Å². The van der Waals surface area contributed by atoms with Crippen LogP contribution in [0.25, 0.3) is 0 Å². The van der Waals surface area contributed by atoms with Crippen LogP contribution in [0.3, 0.4) is 0 Å². The van der Waals surface area contributed by atoms with E-state index in [1.54, 1.807) is 0 Å². The summed E-state index contributed by atoms with van der Waals surface area (Å²) in [6.07, 6.45) is 3.18. The summed E-state index contributed by atoms with van der Waals surface area (Å²) in [6.45, 7) is 2.14. The van der Waals surface area contributed by atoms with Gasteiger partial charge in [0.15, 0.2) is 5.01 Å². The molecule has 7 heteroatoms. The van der Waals surface area contributed by atoms with Crippen molar-refractivity contribution in [3.8, 4) is 0 Å². The molecule has 1 heterocycles. The molecule has 0 saturated carbocycles. The minimum Gasteiger partial charge on any atom is -0.271 e. The summed E-state index contributed by atoms with van der Waals surface area (Å²) < 4.78 is 37.4. The first-order chi connectivity index (χ1) is 8.99. The third kappa shape index (κ3) is 5.46. The van der Waals surface area contributed by atoms with E-state index in [4.69, 9.17) is 5.84 Å². The Labute approximate surface area is 115 Å². The smallest absolute Gasteiger partial charge is 0.271 e. The van der Waals surface area contributed by atoms with Gasteiger partial charge in [0.05, 0.1) is 6.04 Å². The standard InChI is InChI=1S/C12H20F3N3S/c1-2-3-4-5-6-7-9(18-16)10-8-17-11(19-10)12(13,14)15/h8-9,18H,2-7,16H2,1H3. The normalized spacial score (nSPS) is 13.7. The first-order valence-electron chi connectivity index (χ1n) is 6.48. The lowest BCUT2D eigenvalue weighted by molar-refractivity contribution is -0.137. The van der Waals surface area contributed by atoms with E-state index in [0.717, 1.165) is 25.7 Å². The molecule has 0 fully saturated rings. The second kappa shape index (κ2) is 7.81. The SMILES string of the molecule is CCCCCCCC(NN)c1cnc(C(F)(F)F)s1. The van der Waals surface area contributed by atoms with Crippen molar-refractivity contribution < 1.29 is 13.2 Å². The number of rotatable bonds is 8. The van der Waals surface area contributed by atoms with Gasteiger partial charge in [0.25, 0.3) is 0 Å². The molecule has 0 aromatic carbocycles. The quantitative estimate of drug-likeness (QED) is 0.432. The minimum absolute atomic E-state index is 0.241. The van der Waals surface area contributed by atoms with Crippen molar-refractivity contribution in [1.82, 2.24) is 10.4 Å². The second-order valence-electron chi connectivity index (χ2n) is 4.49. The number of halogens is 3. The third-order valence-electron chi connectivity index (χ3n) is 2.91. The summed E-state index contributed by atoms with van der Waals surface area (Å²) in [6, 6.07) is -0.241. The van der Waals surface area contributed by atoms with Crippen LogP contribution in [0.4, 0.5) is 13.2 Å². The fourth-order valence-electron chi connectivity index (χ4n) is 1.84. The van der Waals surface area contributed by atoms with Gasteiger partial charge >= 0.3 is 6.18 Å². The molecule has 0 amide bonds. The van der Waals surface area contributed by atoms with Crippen molar-refractivity contribution in [3.05, 3.63) is 16.1 Å². The molecule has 1 atom stereocenters. The van der Waals surface area contributed by atoms with E-state index in [0.29, 0.717) is 16.2 Å². The summed E-state index contributed by atoms with van der Waals surface area (Å²) in [7, 11) is 0. The Morgan fingerprint density at radius 1 is 1.32 bits per heavy atom. The molecule has 110 valence electrons. The molecule has 1 unspecified atom stereocenters. The van der Waals surface area contributed by atoms with Crippen LogP contribution in [0.5, 0.6) is 0 Å². The van der Waals surface area contributed by atoms with E-state index in [9.17, 15) is 13.2 Å². The van der Waals surface area contributed by atoms with Crippen LogP contribution < -0.4 is 11.3 Å². The van der Waals surface area contributed by atoms with Crippen molar-refractivity contribution in [3.63, 3.8) is 0 Å². The lowest BCUT2D eigenvalue weighted by Gasteiger charge is -2.13. The number of aromatic nitrogens is 1. The zero-order valence-electron chi connectivity index (χ0n) is 11.0. The number of nitrogens with zero attached hydrogens (tertiary/aromatic N) is 1. The zero-order chi connectivity index (χ0) is 14.3. The maximum atomic E-state index is 12.5. The Morgan fingerprint density at radius 2 is 2.00 bits per heavy atom. The number of nitrogens with two attached hydrogens (primary N) is 1. The Hall–Kier alpha value is -0.660. The van der Waals surface area contributed by atoms with Crippen molar-refractivity contribution in [2.75, 3.05) is 0 Å². The Kier molecular flexibility index (Phi) is 6.74. The van der Waals surface area contributed by atoms with E-state index in [1.807, 2.05) is 0 Å². The van der Waals surface area contributed by atoms with Gasteiger partial charge in [0.1, 0.15) is 0 Å². The highest BCUT2D eigenvalue weighted by Crippen LogP contribution is 2.35. The minimum atomic E-state index is -4.37. The molecule has 1 aromatic heterocycles. The summed E-state index contributed by atoms with van der Waals surface area (Å²) in [5.74, 6) is 5.41. The highest BCUT2D eigenvalue weighted by atomic mass is 32.1. The van der Waals surface area contributed by atoms with E-state index >= 15 is 0 Å². The highest BCUT2D eigenvalue weighted by Gasteiger charge is 2.35. The van der Waals surface area contributed by atoms with Crippen LogP contribution in [-0.4, -0.2) is 4.98 Å². The molecule has 3 N–H and O–H groups in total. The van der Waals surface area contributed by atoms with Crippen molar-refractivity contribution in [2.24, 2.45) is 5.84 Å². The first kappa shape index (κ1) is 16.4. The van der Waals surface area contributed by atoms with Crippen LogP contribution in [0.2, 0.25) is 0 Å². The number of hydrazine groups is 1. The molecular formula is C12H20F3N3S. The third-order valence-corrected chi connectivity index (χ3v) is 4.06.